The molecule has 0 aliphatic heterocycles. The summed E-state index contributed by atoms with van der Waals surface area (Å²) in [6.07, 6.45) is 0. The van der Waals surface area contributed by atoms with Crippen LogP contribution in [-0.2, 0) is 5.41 Å². The van der Waals surface area contributed by atoms with Gasteiger partial charge in [-0.05, 0) is 161 Å². The number of hydrogen-bond donors (Lipinski definition) is 0. The molecule has 0 bridgehead atoms. The van der Waals surface area contributed by atoms with Crippen LogP contribution in [0.1, 0.15) is 25.0 Å². The molecule has 0 nitrogen and oxygen atoms in total. The molecule has 1 aliphatic rings. The summed E-state index contributed by atoms with van der Waals surface area (Å²) < 4.78 is 0. The fourth-order valence-electron chi connectivity index (χ4n) is 12.3. The Labute approximate surface area is 414 Å². The van der Waals surface area contributed by atoms with Crippen molar-refractivity contribution < 1.29 is 0 Å². The molecule has 0 unspecified atom stereocenters. The Morgan fingerprint density at radius 2 is 0.577 bits per heavy atom. The van der Waals surface area contributed by atoms with Gasteiger partial charge in [0.2, 0.25) is 0 Å². The van der Waals surface area contributed by atoms with Crippen molar-refractivity contribution in [3.05, 3.63) is 266 Å². The van der Waals surface area contributed by atoms with Crippen LogP contribution in [0, 0.1) is 0 Å². The van der Waals surface area contributed by atoms with Gasteiger partial charge in [-0.3, -0.25) is 0 Å². The molecule has 0 saturated carbocycles. The minimum Gasteiger partial charge on any atom is -0.0622 e. The second-order valence-electron chi connectivity index (χ2n) is 19.9. The van der Waals surface area contributed by atoms with Crippen LogP contribution in [0.5, 0.6) is 0 Å². The highest BCUT2D eigenvalue weighted by Gasteiger charge is 2.36. The number of fused-ring (bicyclic) bond motifs is 8. The SMILES string of the molecule is CC1(C)c2cc(-c3cccc4ccccc34)ccc2-c2ccc(-c3c4ccccc4c(-c4ccc(-c5c6ccccc6c(-c6ccccc6)c6cc(-c7ccccc7)ccc56)cc4)c4ccccc34)cc21. The maximum Gasteiger partial charge on any atom is 0.0159 e. The third-order valence-electron chi connectivity index (χ3n) is 15.7. The third kappa shape index (κ3) is 6.45. The van der Waals surface area contributed by atoms with E-state index in [-0.39, 0.29) is 5.41 Å². The second kappa shape index (κ2) is 16.1. The Bertz CT molecular complexity index is 4210. The highest BCUT2D eigenvalue weighted by molar-refractivity contribution is 6.23. The van der Waals surface area contributed by atoms with Crippen LogP contribution in [0.25, 0.3) is 132 Å². The minimum atomic E-state index is -0.183. The lowest BCUT2D eigenvalue weighted by molar-refractivity contribution is 0.661. The second-order valence-corrected chi connectivity index (χ2v) is 19.9. The Hall–Kier alpha value is -8.84. The summed E-state index contributed by atoms with van der Waals surface area (Å²) >= 11 is 0. The molecule has 0 spiro atoms. The van der Waals surface area contributed by atoms with Crippen LogP contribution < -0.4 is 0 Å². The fraction of sp³-hybridized carbons (Fsp3) is 0.0423. The normalized spacial score (nSPS) is 12.8. The highest BCUT2D eigenvalue weighted by atomic mass is 14.4. The molecule has 0 fully saturated rings. The van der Waals surface area contributed by atoms with Gasteiger partial charge in [0.25, 0.3) is 0 Å². The van der Waals surface area contributed by atoms with E-state index in [0.717, 1.165) is 0 Å². The molecule has 1 aliphatic carbocycles. The molecule has 332 valence electrons. The van der Waals surface area contributed by atoms with Crippen molar-refractivity contribution in [2.75, 3.05) is 0 Å². The van der Waals surface area contributed by atoms with Gasteiger partial charge in [0.1, 0.15) is 0 Å². The van der Waals surface area contributed by atoms with E-state index >= 15 is 0 Å². The Morgan fingerprint density at radius 3 is 1.13 bits per heavy atom. The number of rotatable bonds is 6. The van der Waals surface area contributed by atoms with E-state index in [1.807, 2.05) is 0 Å². The predicted molar refractivity (Wildman–Crippen MR) is 304 cm³/mol. The van der Waals surface area contributed by atoms with Crippen LogP contribution in [0.2, 0.25) is 0 Å². The minimum absolute atomic E-state index is 0.183. The van der Waals surface area contributed by atoms with Gasteiger partial charge in [0.05, 0.1) is 0 Å². The van der Waals surface area contributed by atoms with E-state index in [1.54, 1.807) is 0 Å². The van der Waals surface area contributed by atoms with Gasteiger partial charge in [-0.1, -0.05) is 250 Å². The van der Waals surface area contributed by atoms with Crippen molar-refractivity contribution in [3.8, 4) is 77.9 Å². The van der Waals surface area contributed by atoms with Crippen molar-refractivity contribution in [2.24, 2.45) is 0 Å². The zero-order valence-corrected chi connectivity index (χ0v) is 39.7. The average Bonchev–Trinajstić information content (AvgIpc) is 3.66. The average molecular weight is 901 g/mol. The summed E-state index contributed by atoms with van der Waals surface area (Å²) in [5.41, 5.74) is 20.2. The zero-order valence-electron chi connectivity index (χ0n) is 39.7. The predicted octanol–water partition coefficient (Wildman–Crippen LogP) is 19.8. The smallest absolute Gasteiger partial charge is 0.0159 e. The molecule has 0 heterocycles. The van der Waals surface area contributed by atoms with E-state index in [0.29, 0.717) is 0 Å². The molecule has 0 heteroatoms. The first-order chi connectivity index (χ1) is 35.0. The van der Waals surface area contributed by atoms with Crippen molar-refractivity contribution in [1.82, 2.24) is 0 Å². The van der Waals surface area contributed by atoms with Gasteiger partial charge in [-0.15, -0.1) is 0 Å². The van der Waals surface area contributed by atoms with Crippen LogP contribution >= 0.6 is 0 Å². The van der Waals surface area contributed by atoms with E-state index in [1.165, 1.54) is 143 Å². The lowest BCUT2D eigenvalue weighted by atomic mass is 9.79. The largest absolute Gasteiger partial charge is 0.0622 e. The van der Waals surface area contributed by atoms with E-state index in [9.17, 15) is 0 Å². The molecule has 0 amide bonds. The maximum atomic E-state index is 2.50. The molecular weight excluding hydrogens is 853 g/mol. The molecule has 0 saturated heterocycles. The molecule has 0 N–H and O–H groups in total. The molecule has 0 radical (unpaired) electrons. The summed E-state index contributed by atoms with van der Waals surface area (Å²) in [4.78, 5) is 0. The van der Waals surface area contributed by atoms with Crippen LogP contribution in [0.4, 0.5) is 0 Å². The van der Waals surface area contributed by atoms with Gasteiger partial charge < -0.3 is 0 Å². The monoisotopic (exact) mass is 900 g/mol. The first kappa shape index (κ1) is 41.2. The third-order valence-corrected chi connectivity index (χ3v) is 15.7. The number of hydrogen-bond acceptors (Lipinski definition) is 0. The Kier molecular flexibility index (Phi) is 9.35. The molecule has 13 aromatic carbocycles. The molecule has 14 rings (SSSR count). The molecule has 0 aromatic heterocycles. The first-order valence-electron chi connectivity index (χ1n) is 24.9. The van der Waals surface area contributed by atoms with Crippen LogP contribution in [0.3, 0.4) is 0 Å². The molecule has 13 aromatic rings. The van der Waals surface area contributed by atoms with E-state index in [4.69, 9.17) is 0 Å². The first-order valence-corrected chi connectivity index (χ1v) is 24.9. The highest BCUT2D eigenvalue weighted by Crippen LogP contribution is 2.53. The van der Waals surface area contributed by atoms with Crippen LogP contribution in [0.15, 0.2) is 255 Å². The van der Waals surface area contributed by atoms with Crippen LogP contribution in [-0.4, -0.2) is 0 Å². The summed E-state index contributed by atoms with van der Waals surface area (Å²) in [6, 6.07) is 95.0. The van der Waals surface area contributed by atoms with Gasteiger partial charge in [0.15, 0.2) is 0 Å². The molecule has 0 atom stereocenters. The maximum absolute atomic E-state index is 2.50. The number of benzene rings is 13. The van der Waals surface area contributed by atoms with Gasteiger partial charge in [-0.25, -0.2) is 0 Å². The lowest BCUT2D eigenvalue weighted by Gasteiger charge is -2.23. The Morgan fingerprint density at radius 1 is 0.211 bits per heavy atom. The van der Waals surface area contributed by atoms with Crippen molar-refractivity contribution in [3.63, 3.8) is 0 Å². The summed E-state index contributed by atoms with van der Waals surface area (Å²) in [5, 5.41) is 12.6. The van der Waals surface area contributed by atoms with Crippen molar-refractivity contribution in [1.29, 1.82) is 0 Å². The fourth-order valence-corrected chi connectivity index (χ4v) is 12.3. The van der Waals surface area contributed by atoms with Gasteiger partial charge in [-0.2, -0.15) is 0 Å². The van der Waals surface area contributed by atoms with Crippen molar-refractivity contribution in [2.45, 2.75) is 19.3 Å². The quantitative estimate of drug-likeness (QED) is 0.146. The zero-order chi connectivity index (χ0) is 47.2. The lowest BCUT2D eigenvalue weighted by Crippen LogP contribution is -2.15. The summed E-state index contributed by atoms with van der Waals surface area (Å²) in [7, 11) is 0. The van der Waals surface area contributed by atoms with Gasteiger partial charge >= 0.3 is 0 Å². The summed E-state index contributed by atoms with van der Waals surface area (Å²) in [6.45, 7) is 4.81. The molecular formula is C71H48. The standard InChI is InChI=1S/C71H48/c1-71(2)65-43-51(54-31-17-23-46-20-9-10-24-53(46)54)37-39-55(65)56-40-38-52(44-66(56)71)70-61-29-15-12-26-58(61)67(59-27-13-16-30-62(59)70)48-32-34-49(35-33-48)68-57-25-11-14-28-60(57)69(47-21-7-4-8-22-47)64-42-50(36-41-63(64)68)45-18-5-3-6-19-45/h3-44H,1-2H3. The van der Waals surface area contributed by atoms with E-state index in [2.05, 4.69) is 269 Å². The topological polar surface area (TPSA) is 0 Å². The van der Waals surface area contributed by atoms with E-state index < -0.39 is 0 Å². The molecule has 71 heavy (non-hydrogen) atoms. The summed E-state index contributed by atoms with van der Waals surface area (Å²) in [5.74, 6) is 0. The Balaban J connectivity index is 0.904. The van der Waals surface area contributed by atoms with Crippen molar-refractivity contribution >= 4 is 53.9 Å². The van der Waals surface area contributed by atoms with Gasteiger partial charge in [0, 0.05) is 5.41 Å².